The van der Waals surface area contributed by atoms with Gasteiger partial charge in [0.15, 0.2) is 11.5 Å². The molecule has 0 atom stereocenters. The molecule has 1 aliphatic rings. The van der Waals surface area contributed by atoms with Crippen LogP contribution in [0.3, 0.4) is 0 Å². The highest BCUT2D eigenvalue weighted by molar-refractivity contribution is 5.51. The van der Waals surface area contributed by atoms with Gasteiger partial charge >= 0.3 is 0 Å². The predicted octanol–water partition coefficient (Wildman–Crippen LogP) is 0.401. The van der Waals surface area contributed by atoms with Crippen molar-refractivity contribution in [3.05, 3.63) is 18.2 Å². The molecule has 1 aromatic rings. The zero-order valence-electron chi connectivity index (χ0n) is 13.4. The van der Waals surface area contributed by atoms with Gasteiger partial charge in [-0.05, 0) is 44.5 Å². The summed E-state index contributed by atoms with van der Waals surface area (Å²) in [7, 11) is 0. The lowest BCUT2D eigenvalue weighted by Gasteiger charge is -2.20. The molecule has 0 fully saturated rings. The minimum absolute atomic E-state index is 0. The van der Waals surface area contributed by atoms with Crippen molar-refractivity contribution in [3.63, 3.8) is 0 Å². The molecule has 0 bridgehead atoms. The Hall–Kier alpha value is -1.13. The first kappa shape index (κ1) is 18.9. The minimum Gasteiger partial charge on any atom is -1.00 e. The van der Waals surface area contributed by atoms with Crippen molar-refractivity contribution in [2.45, 2.75) is 39.0 Å². The number of hydrogen-bond donors (Lipinski definition) is 1. The molecule has 0 saturated carbocycles. The van der Waals surface area contributed by atoms with Gasteiger partial charge < -0.3 is 31.9 Å². The normalized spacial score (nSPS) is 12.6. The van der Waals surface area contributed by atoms with E-state index in [2.05, 4.69) is 12.2 Å². The molecular weight excluding hydrogens is 302 g/mol. The second kappa shape index (κ2) is 11.4. The molecule has 2 rings (SSSR count). The Morgan fingerprint density at radius 3 is 2.64 bits per heavy atom. The van der Waals surface area contributed by atoms with E-state index in [0.717, 1.165) is 49.8 Å². The Balaban J connectivity index is 0.00000242. The number of para-hydroxylation sites is 1. The van der Waals surface area contributed by atoms with Crippen molar-refractivity contribution in [1.29, 1.82) is 0 Å². The zero-order valence-corrected chi connectivity index (χ0v) is 14.2. The van der Waals surface area contributed by atoms with Crippen LogP contribution in [-0.2, 0) is 0 Å². The van der Waals surface area contributed by atoms with Gasteiger partial charge in [0.05, 0.1) is 6.61 Å². The first-order valence-electron chi connectivity index (χ1n) is 8.14. The molecular formula is C17H27ClNO3-. The lowest BCUT2D eigenvalue weighted by molar-refractivity contribution is -0.00000543. The zero-order chi connectivity index (χ0) is 14.8. The van der Waals surface area contributed by atoms with Crippen LogP contribution in [0, 0.1) is 0 Å². The van der Waals surface area contributed by atoms with Crippen LogP contribution in [0.5, 0.6) is 17.2 Å². The van der Waals surface area contributed by atoms with Crippen LogP contribution in [0.2, 0.25) is 0 Å². The fraction of sp³-hybridized carbons (Fsp3) is 0.647. The second-order valence-electron chi connectivity index (χ2n) is 5.29. The van der Waals surface area contributed by atoms with E-state index < -0.39 is 0 Å². The van der Waals surface area contributed by atoms with Gasteiger partial charge in [-0.15, -0.1) is 0 Å². The SMILES string of the molecule is CCCCCNCCCCOc1cccc2c1OCCO2.[Cl-]. The molecule has 0 unspecified atom stereocenters. The van der Waals surface area contributed by atoms with Crippen LogP contribution in [0.4, 0.5) is 0 Å². The first-order chi connectivity index (χ1) is 10.4. The van der Waals surface area contributed by atoms with Crippen molar-refractivity contribution in [1.82, 2.24) is 5.32 Å². The maximum atomic E-state index is 5.82. The van der Waals surface area contributed by atoms with E-state index in [9.17, 15) is 0 Å². The molecule has 22 heavy (non-hydrogen) atoms. The standard InChI is InChI=1S/C17H27NO3.ClH/c1-2-3-4-10-18-11-5-6-12-19-15-8-7-9-16-17(15)21-14-13-20-16;/h7-9,18H,2-6,10-14H2,1H3;1H/p-1. The van der Waals surface area contributed by atoms with Crippen LogP contribution in [0.25, 0.3) is 0 Å². The number of hydrogen-bond acceptors (Lipinski definition) is 4. The van der Waals surface area contributed by atoms with Crippen molar-refractivity contribution < 1.29 is 26.6 Å². The third kappa shape index (κ3) is 6.32. The largest absolute Gasteiger partial charge is 1.00 e. The number of benzene rings is 1. The Bertz CT molecular complexity index is 415. The minimum atomic E-state index is 0. The first-order valence-corrected chi connectivity index (χ1v) is 8.14. The third-order valence-corrected chi connectivity index (χ3v) is 3.49. The van der Waals surface area contributed by atoms with Crippen molar-refractivity contribution in [2.24, 2.45) is 0 Å². The summed E-state index contributed by atoms with van der Waals surface area (Å²) in [4.78, 5) is 0. The van der Waals surface area contributed by atoms with E-state index in [1.807, 2.05) is 18.2 Å². The topological polar surface area (TPSA) is 39.7 Å². The molecule has 0 radical (unpaired) electrons. The highest BCUT2D eigenvalue weighted by atomic mass is 35.5. The number of unbranched alkanes of at least 4 members (excludes halogenated alkanes) is 3. The quantitative estimate of drug-likeness (QED) is 0.631. The van der Waals surface area contributed by atoms with Gasteiger partial charge in [-0.25, -0.2) is 0 Å². The van der Waals surface area contributed by atoms with Crippen LogP contribution >= 0.6 is 0 Å². The molecule has 5 heteroatoms. The number of fused-ring (bicyclic) bond motifs is 1. The summed E-state index contributed by atoms with van der Waals surface area (Å²) < 4.78 is 17.0. The monoisotopic (exact) mass is 328 g/mol. The summed E-state index contributed by atoms with van der Waals surface area (Å²) in [6.45, 7) is 6.35. The Kier molecular flexibility index (Phi) is 9.84. The molecule has 1 heterocycles. The summed E-state index contributed by atoms with van der Waals surface area (Å²) in [5.41, 5.74) is 0. The van der Waals surface area contributed by atoms with Crippen molar-refractivity contribution in [3.8, 4) is 17.2 Å². The summed E-state index contributed by atoms with van der Waals surface area (Å²) in [5, 5.41) is 3.47. The van der Waals surface area contributed by atoms with Crippen LogP contribution in [0.1, 0.15) is 39.0 Å². The summed E-state index contributed by atoms with van der Waals surface area (Å²) in [5.74, 6) is 2.33. The van der Waals surface area contributed by atoms with E-state index in [1.54, 1.807) is 0 Å². The van der Waals surface area contributed by atoms with Crippen LogP contribution in [0.15, 0.2) is 18.2 Å². The smallest absolute Gasteiger partial charge is 0.203 e. The molecule has 1 aliphatic heterocycles. The van der Waals surface area contributed by atoms with E-state index in [0.29, 0.717) is 13.2 Å². The average molecular weight is 329 g/mol. The van der Waals surface area contributed by atoms with Gasteiger partial charge in [-0.2, -0.15) is 0 Å². The number of nitrogens with one attached hydrogen (secondary N) is 1. The van der Waals surface area contributed by atoms with Gasteiger partial charge in [0.25, 0.3) is 0 Å². The Morgan fingerprint density at radius 1 is 1.05 bits per heavy atom. The lowest BCUT2D eigenvalue weighted by atomic mass is 10.2. The number of rotatable bonds is 10. The molecule has 1 N–H and O–H groups in total. The van der Waals surface area contributed by atoms with Gasteiger partial charge in [0, 0.05) is 0 Å². The summed E-state index contributed by atoms with van der Waals surface area (Å²) in [6, 6.07) is 5.80. The van der Waals surface area contributed by atoms with Gasteiger partial charge in [-0.3, -0.25) is 0 Å². The van der Waals surface area contributed by atoms with Gasteiger partial charge in [0.1, 0.15) is 13.2 Å². The Morgan fingerprint density at radius 2 is 1.82 bits per heavy atom. The summed E-state index contributed by atoms with van der Waals surface area (Å²) in [6.07, 6.45) is 6.06. The molecule has 4 nitrogen and oxygen atoms in total. The molecule has 0 spiro atoms. The molecule has 0 aromatic heterocycles. The molecule has 126 valence electrons. The van der Waals surface area contributed by atoms with E-state index in [4.69, 9.17) is 14.2 Å². The fourth-order valence-electron chi connectivity index (χ4n) is 2.32. The molecule has 0 amide bonds. The van der Waals surface area contributed by atoms with E-state index >= 15 is 0 Å². The second-order valence-corrected chi connectivity index (χ2v) is 5.29. The maximum absolute atomic E-state index is 5.82. The number of ether oxygens (including phenoxy) is 3. The molecule has 1 aromatic carbocycles. The van der Waals surface area contributed by atoms with Crippen molar-refractivity contribution in [2.75, 3.05) is 32.9 Å². The van der Waals surface area contributed by atoms with Crippen LogP contribution < -0.4 is 31.9 Å². The summed E-state index contributed by atoms with van der Waals surface area (Å²) >= 11 is 0. The highest BCUT2D eigenvalue weighted by Gasteiger charge is 2.16. The van der Waals surface area contributed by atoms with E-state index in [1.165, 1.54) is 19.3 Å². The fourth-order valence-corrected chi connectivity index (χ4v) is 2.32. The average Bonchev–Trinajstić information content (AvgIpc) is 2.53. The maximum Gasteiger partial charge on any atom is 0.203 e. The highest BCUT2D eigenvalue weighted by Crippen LogP contribution is 2.38. The Labute approximate surface area is 139 Å². The van der Waals surface area contributed by atoms with Gasteiger partial charge in [-0.1, -0.05) is 25.8 Å². The number of halogens is 1. The van der Waals surface area contributed by atoms with Gasteiger partial charge in [0.2, 0.25) is 5.75 Å². The predicted molar refractivity (Wildman–Crippen MR) is 84.6 cm³/mol. The third-order valence-electron chi connectivity index (χ3n) is 3.49. The lowest BCUT2D eigenvalue weighted by Crippen LogP contribution is -3.00. The van der Waals surface area contributed by atoms with E-state index in [-0.39, 0.29) is 12.4 Å². The molecule has 0 aliphatic carbocycles. The van der Waals surface area contributed by atoms with Crippen LogP contribution in [-0.4, -0.2) is 32.9 Å². The molecule has 0 saturated heterocycles. The van der Waals surface area contributed by atoms with Crippen molar-refractivity contribution >= 4 is 0 Å².